The van der Waals surface area contributed by atoms with Crippen LogP contribution in [0.15, 0.2) is 12.3 Å². The monoisotopic (exact) mass is 222 g/mol. The number of hydrogen-bond donors (Lipinski definition) is 3. The van der Waals surface area contributed by atoms with E-state index in [1.54, 1.807) is 6.92 Å². The average Bonchev–Trinajstić information content (AvgIpc) is 2.20. The predicted molar refractivity (Wildman–Crippen MR) is 53.4 cm³/mol. The Morgan fingerprint density at radius 2 is 1.73 bits per heavy atom. The molecule has 0 aliphatic rings. The molecule has 6 heteroatoms. The Balaban J connectivity index is 0. The van der Waals surface area contributed by atoms with Crippen molar-refractivity contribution in [1.29, 1.82) is 0 Å². The van der Waals surface area contributed by atoms with Gasteiger partial charge in [-0.1, -0.05) is 0 Å². The Kier molecular flexibility index (Phi) is 14.0. The molecule has 0 heterocycles. The zero-order chi connectivity index (χ0) is 12.1. The first-order valence-electron chi connectivity index (χ1n) is 4.44. The molecule has 0 radical (unpaired) electrons. The van der Waals surface area contributed by atoms with Crippen molar-refractivity contribution in [2.75, 3.05) is 33.0 Å². The molecule has 0 amide bonds. The van der Waals surface area contributed by atoms with Gasteiger partial charge in [0.2, 0.25) is 0 Å². The molecule has 0 fully saturated rings. The van der Waals surface area contributed by atoms with E-state index >= 15 is 0 Å². The molecule has 0 spiro atoms. The van der Waals surface area contributed by atoms with Crippen LogP contribution < -0.4 is 0 Å². The van der Waals surface area contributed by atoms with Gasteiger partial charge in [0, 0.05) is 0 Å². The highest BCUT2D eigenvalue weighted by Crippen LogP contribution is 1.90. The highest BCUT2D eigenvalue weighted by molar-refractivity contribution is 5.83. The number of ether oxygens (including phenoxy) is 2. The molecular weight excluding hydrogens is 204 g/mol. The van der Waals surface area contributed by atoms with Crippen LogP contribution in [0.4, 0.5) is 0 Å². The summed E-state index contributed by atoms with van der Waals surface area (Å²) in [5.74, 6) is -1.31. The molecule has 0 rings (SSSR count). The first kappa shape index (κ1) is 16.3. The van der Waals surface area contributed by atoms with E-state index < -0.39 is 5.97 Å². The van der Waals surface area contributed by atoms with Crippen LogP contribution in [0.25, 0.3) is 0 Å². The summed E-state index contributed by atoms with van der Waals surface area (Å²) in [6, 6.07) is 0. The van der Waals surface area contributed by atoms with Crippen LogP contribution in [0.5, 0.6) is 0 Å². The van der Waals surface area contributed by atoms with Gasteiger partial charge in [0.1, 0.15) is 0 Å². The summed E-state index contributed by atoms with van der Waals surface area (Å²) in [6.07, 6.45) is 0. The Morgan fingerprint density at radius 1 is 1.27 bits per heavy atom. The summed E-state index contributed by atoms with van der Waals surface area (Å²) in [6.45, 7) is 5.87. The Morgan fingerprint density at radius 3 is 1.93 bits per heavy atom. The molecule has 15 heavy (non-hydrogen) atoms. The second-order valence-electron chi connectivity index (χ2n) is 2.22. The van der Waals surface area contributed by atoms with E-state index in [4.69, 9.17) is 15.3 Å². The van der Waals surface area contributed by atoms with Crippen LogP contribution in [-0.2, 0) is 14.3 Å². The van der Waals surface area contributed by atoms with Gasteiger partial charge in [-0.15, -0.1) is 0 Å². The van der Waals surface area contributed by atoms with Crippen LogP contribution in [0.3, 0.4) is 0 Å². The van der Waals surface area contributed by atoms with Crippen molar-refractivity contribution in [3.8, 4) is 0 Å². The van der Waals surface area contributed by atoms with Gasteiger partial charge >= 0.3 is 5.97 Å². The minimum Gasteiger partial charge on any atom is -0.487 e. The van der Waals surface area contributed by atoms with Crippen molar-refractivity contribution in [1.82, 2.24) is 0 Å². The third-order valence-electron chi connectivity index (χ3n) is 1.03. The van der Waals surface area contributed by atoms with E-state index in [0.29, 0.717) is 19.8 Å². The number of carboxylic acids is 1. The molecule has 0 aromatic rings. The summed E-state index contributed by atoms with van der Waals surface area (Å²) in [5.41, 5.74) is 0. The lowest BCUT2D eigenvalue weighted by atomic mass is 10.6. The largest absolute Gasteiger partial charge is 0.487 e. The van der Waals surface area contributed by atoms with Gasteiger partial charge in [0.25, 0.3) is 0 Å². The zero-order valence-corrected chi connectivity index (χ0v) is 8.81. The van der Waals surface area contributed by atoms with E-state index in [-0.39, 0.29) is 19.0 Å². The predicted octanol–water partition coefficient (Wildman–Crippen LogP) is -0.391. The standard InChI is InChI=1S/C5H8O3.C4H10O3/c1-3-8-4(2)5(6)7;5-1-3-7-4-2-6/h2-3H2,1H3,(H,6,7);5-6H,1-4H2. The van der Waals surface area contributed by atoms with Crippen molar-refractivity contribution < 1.29 is 29.6 Å². The van der Waals surface area contributed by atoms with Crippen molar-refractivity contribution in [3.05, 3.63) is 12.3 Å². The molecule has 0 aromatic heterocycles. The van der Waals surface area contributed by atoms with Crippen LogP contribution in [-0.4, -0.2) is 54.3 Å². The number of aliphatic hydroxyl groups is 2. The van der Waals surface area contributed by atoms with E-state index in [9.17, 15) is 4.79 Å². The zero-order valence-electron chi connectivity index (χ0n) is 8.81. The quantitative estimate of drug-likeness (QED) is 0.308. The lowest BCUT2D eigenvalue weighted by molar-refractivity contribution is -0.136. The second kappa shape index (κ2) is 12.9. The van der Waals surface area contributed by atoms with Gasteiger partial charge in [-0.3, -0.25) is 0 Å². The molecule has 0 aliphatic heterocycles. The number of carbonyl (C=O) groups is 1. The molecule has 90 valence electrons. The topological polar surface area (TPSA) is 96.2 Å². The molecule has 3 N–H and O–H groups in total. The van der Waals surface area contributed by atoms with Gasteiger partial charge < -0.3 is 24.8 Å². The van der Waals surface area contributed by atoms with Crippen LogP contribution in [0, 0.1) is 0 Å². The van der Waals surface area contributed by atoms with Crippen molar-refractivity contribution in [2.45, 2.75) is 6.92 Å². The Hall–Kier alpha value is -1.11. The normalized spacial score (nSPS) is 8.73. The molecule has 0 aromatic carbocycles. The van der Waals surface area contributed by atoms with E-state index in [0.717, 1.165) is 0 Å². The second-order valence-corrected chi connectivity index (χ2v) is 2.22. The highest BCUT2D eigenvalue weighted by Gasteiger charge is 2.00. The minimum atomic E-state index is -1.10. The minimum absolute atomic E-state index is 0.0278. The first-order chi connectivity index (χ1) is 7.09. The van der Waals surface area contributed by atoms with E-state index in [1.807, 2.05) is 0 Å². The highest BCUT2D eigenvalue weighted by atomic mass is 16.5. The maximum Gasteiger partial charge on any atom is 0.370 e. The lowest BCUT2D eigenvalue weighted by Crippen LogP contribution is -2.03. The Labute approximate surface area is 88.7 Å². The maximum absolute atomic E-state index is 9.86. The number of aliphatic carboxylic acids is 1. The molecule has 0 atom stereocenters. The lowest BCUT2D eigenvalue weighted by Gasteiger charge is -1.97. The number of carboxylic acid groups (broad SMARTS) is 1. The molecule has 0 aliphatic carbocycles. The van der Waals surface area contributed by atoms with Crippen molar-refractivity contribution in [3.63, 3.8) is 0 Å². The third kappa shape index (κ3) is 15.6. The molecular formula is C9H18O6. The molecule has 0 saturated heterocycles. The van der Waals surface area contributed by atoms with Crippen LogP contribution in [0.2, 0.25) is 0 Å². The van der Waals surface area contributed by atoms with Gasteiger partial charge in [-0.05, 0) is 13.5 Å². The van der Waals surface area contributed by atoms with Gasteiger partial charge in [-0.2, -0.15) is 0 Å². The van der Waals surface area contributed by atoms with Gasteiger partial charge in [0.05, 0.1) is 33.0 Å². The fourth-order valence-corrected chi connectivity index (χ4v) is 0.467. The van der Waals surface area contributed by atoms with Crippen LogP contribution in [0.1, 0.15) is 6.92 Å². The number of hydrogen-bond acceptors (Lipinski definition) is 5. The first-order valence-corrected chi connectivity index (χ1v) is 4.44. The molecule has 0 saturated carbocycles. The van der Waals surface area contributed by atoms with Crippen molar-refractivity contribution in [2.24, 2.45) is 0 Å². The molecule has 0 unspecified atom stereocenters. The average molecular weight is 222 g/mol. The smallest absolute Gasteiger partial charge is 0.370 e. The summed E-state index contributed by atoms with van der Waals surface area (Å²) in [7, 11) is 0. The van der Waals surface area contributed by atoms with Gasteiger partial charge in [-0.25, -0.2) is 4.79 Å². The summed E-state index contributed by atoms with van der Waals surface area (Å²) < 4.78 is 9.14. The third-order valence-corrected chi connectivity index (χ3v) is 1.03. The summed E-state index contributed by atoms with van der Waals surface area (Å²) in [4.78, 5) is 9.86. The summed E-state index contributed by atoms with van der Waals surface area (Å²) in [5, 5.41) is 24.3. The maximum atomic E-state index is 9.86. The van der Waals surface area contributed by atoms with Crippen molar-refractivity contribution >= 4 is 5.97 Å². The Bertz CT molecular complexity index is 164. The summed E-state index contributed by atoms with van der Waals surface area (Å²) >= 11 is 0. The number of aliphatic hydroxyl groups excluding tert-OH is 2. The molecule has 0 bridgehead atoms. The molecule has 6 nitrogen and oxygen atoms in total. The number of rotatable bonds is 7. The SMILES string of the molecule is C=C(OCC)C(=O)O.OCCOCCO. The van der Waals surface area contributed by atoms with E-state index in [2.05, 4.69) is 16.1 Å². The van der Waals surface area contributed by atoms with E-state index in [1.165, 1.54) is 0 Å². The van der Waals surface area contributed by atoms with Crippen LogP contribution >= 0.6 is 0 Å². The van der Waals surface area contributed by atoms with Gasteiger partial charge in [0.15, 0.2) is 5.76 Å². The fraction of sp³-hybridized carbons (Fsp3) is 0.667. The fourth-order valence-electron chi connectivity index (χ4n) is 0.467.